The van der Waals surface area contributed by atoms with Crippen LogP contribution in [0.5, 0.6) is 0 Å². The van der Waals surface area contributed by atoms with Crippen LogP contribution in [0.25, 0.3) is 20.7 Å². The Balaban J connectivity index is 1.32. The summed E-state index contributed by atoms with van der Waals surface area (Å²) < 4.78 is 2.09. The Hall–Kier alpha value is -3.69. The third kappa shape index (κ3) is 4.20. The van der Waals surface area contributed by atoms with Crippen LogP contribution in [0, 0.1) is 0 Å². The van der Waals surface area contributed by atoms with Crippen LogP contribution in [-0.2, 0) is 13.1 Å². The van der Waals surface area contributed by atoms with Crippen molar-refractivity contribution in [2.45, 2.75) is 13.1 Å². The second-order valence-electron chi connectivity index (χ2n) is 7.04. The number of fused-ring (bicyclic) bond motifs is 1. The Labute approximate surface area is 191 Å². The van der Waals surface area contributed by atoms with E-state index in [1.165, 1.54) is 33.6 Å². The number of carbonyl (C=O) groups excluding carboxylic acids is 1. The van der Waals surface area contributed by atoms with Crippen molar-refractivity contribution in [2.75, 3.05) is 0 Å². The highest BCUT2D eigenvalue weighted by Crippen LogP contribution is 2.30. The van der Waals surface area contributed by atoms with Crippen molar-refractivity contribution in [3.63, 3.8) is 0 Å². The first-order chi connectivity index (χ1) is 15.7. The highest BCUT2D eigenvalue weighted by molar-refractivity contribution is 7.22. The van der Waals surface area contributed by atoms with E-state index in [0.29, 0.717) is 21.8 Å². The molecule has 0 aliphatic heterocycles. The summed E-state index contributed by atoms with van der Waals surface area (Å²) in [6, 6.07) is 21.5. The number of nitrogens with one attached hydrogen (secondary N) is 1. The molecule has 5 rings (SSSR count). The van der Waals surface area contributed by atoms with E-state index in [4.69, 9.17) is 0 Å². The Morgan fingerprint density at radius 1 is 0.969 bits per heavy atom. The first-order valence-electron chi connectivity index (χ1n) is 9.86. The molecule has 0 saturated heterocycles. The van der Waals surface area contributed by atoms with Crippen molar-refractivity contribution >= 4 is 38.8 Å². The fourth-order valence-corrected chi connectivity index (χ4v) is 5.03. The topological polar surface area (TPSA) is 89.8 Å². The number of nitrogens with zero attached hydrogens (tertiary/aromatic N) is 4. The van der Waals surface area contributed by atoms with Crippen molar-refractivity contribution in [2.24, 2.45) is 0 Å². The lowest BCUT2D eigenvalue weighted by molar-refractivity contribution is 0.0950. The van der Waals surface area contributed by atoms with Gasteiger partial charge in [-0.15, -0.1) is 21.5 Å². The molecule has 5 aromatic rings. The van der Waals surface area contributed by atoms with Crippen LogP contribution in [0.4, 0.5) is 0 Å². The van der Waals surface area contributed by atoms with Crippen LogP contribution in [0.3, 0.4) is 0 Å². The monoisotopic (exact) mass is 459 g/mol. The van der Waals surface area contributed by atoms with E-state index in [0.717, 1.165) is 16.0 Å². The molecular formula is C23H17N5O2S2. The molecule has 0 aliphatic carbocycles. The van der Waals surface area contributed by atoms with E-state index in [1.807, 2.05) is 66.7 Å². The largest absolute Gasteiger partial charge is 0.346 e. The minimum Gasteiger partial charge on any atom is -0.346 e. The SMILES string of the molecule is O=C(NCc1ccccc1)c1nnc(Cn2cnc3cc(-c4ccccc4)sc3c2=O)s1. The average molecular weight is 460 g/mol. The minimum absolute atomic E-state index is 0.132. The number of thiophene rings is 1. The summed E-state index contributed by atoms with van der Waals surface area (Å²) in [5, 5.41) is 11.7. The number of aromatic nitrogens is 4. The molecule has 1 N–H and O–H groups in total. The van der Waals surface area contributed by atoms with Gasteiger partial charge in [0.2, 0.25) is 5.01 Å². The van der Waals surface area contributed by atoms with Gasteiger partial charge < -0.3 is 5.32 Å². The quantitative estimate of drug-likeness (QED) is 0.415. The molecular weight excluding hydrogens is 442 g/mol. The maximum atomic E-state index is 13.0. The van der Waals surface area contributed by atoms with E-state index in [2.05, 4.69) is 20.5 Å². The molecule has 32 heavy (non-hydrogen) atoms. The fourth-order valence-electron chi connectivity index (χ4n) is 3.21. The maximum absolute atomic E-state index is 13.0. The zero-order valence-corrected chi connectivity index (χ0v) is 18.4. The molecule has 158 valence electrons. The Morgan fingerprint density at radius 3 is 2.50 bits per heavy atom. The third-order valence-corrected chi connectivity index (χ3v) is 6.89. The van der Waals surface area contributed by atoms with Crippen LogP contribution < -0.4 is 10.9 Å². The molecule has 0 saturated carbocycles. The van der Waals surface area contributed by atoms with Gasteiger partial charge in [0, 0.05) is 11.4 Å². The van der Waals surface area contributed by atoms with Crippen LogP contribution in [0.1, 0.15) is 20.4 Å². The van der Waals surface area contributed by atoms with Crippen molar-refractivity contribution < 1.29 is 4.79 Å². The lowest BCUT2D eigenvalue weighted by Crippen LogP contribution is -2.22. The van der Waals surface area contributed by atoms with E-state index >= 15 is 0 Å². The molecule has 7 nitrogen and oxygen atoms in total. The van der Waals surface area contributed by atoms with E-state index in [9.17, 15) is 9.59 Å². The fraction of sp³-hybridized carbons (Fsp3) is 0.0870. The minimum atomic E-state index is -0.288. The lowest BCUT2D eigenvalue weighted by Gasteiger charge is -2.02. The van der Waals surface area contributed by atoms with Gasteiger partial charge in [0.1, 0.15) is 9.71 Å². The number of benzene rings is 2. The summed E-state index contributed by atoms with van der Waals surface area (Å²) in [6.45, 7) is 0.626. The highest BCUT2D eigenvalue weighted by Gasteiger charge is 2.15. The van der Waals surface area contributed by atoms with E-state index < -0.39 is 0 Å². The molecule has 0 aliphatic rings. The van der Waals surface area contributed by atoms with Gasteiger partial charge in [-0.3, -0.25) is 14.2 Å². The number of amides is 1. The molecule has 0 fully saturated rings. The summed E-state index contributed by atoms with van der Waals surface area (Å²) in [5.41, 5.74) is 2.60. The predicted octanol–water partition coefficient (Wildman–Crippen LogP) is 3.95. The highest BCUT2D eigenvalue weighted by atomic mass is 32.1. The van der Waals surface area contributed by atoms with E-state index in [1.54, 1.807) is 0 Å². The molecule has 0 bridgehead atoms. The van der Waals surface area contributed by atoms with Crippen LogP contribution >= 0.6 is 22.7 Å². The number of rotatable bonds is 6. The number of hydrogen-bond donors (Lipinski definition) is 1. The lowest BCUT2D eigenvalue weighted by atomic mass is 10.2. The van der Waals surface area contributed by atoms with Crippen molar-refractivity contribution in [3.8, 4) is 10.4 Å². The van der Waals surface area contributed by atoms with Gasteiger partial charge in [-0.05, 0) is 17.2 Å². The third-order valence-electron chi connectivity index (χ3n) is 4.82. The predicted molar refractivity (Wildman–Crippen MR) is 126 cm³/mol. The summed E-state index contributed by atoms with van der Waals surface area (Å²) in [7, 11) is 0. The molecule has 1 amide bonds. The van der Waals surface area contributed by atoms with Crippen molar-refractivity contribution in [1.29, 1.82) is 0 Å². The summed E-state index contributed by atoms with van der Waals surface area (Å²) >= 11 is 2.59. The molecule has 0 radical (unpaired) electrons. The number of carbonyl (C=O) groups is 1. The second-order valence-corrected chi connectivity index (χ2v) is 9.15. The average Bonchev–Trinajstić information content (AvgIpc) is 3.48. The normalized spacial score (nSPS) is 11.0. The van der Waals surface area contributed by atoms with Gasteiger partial charge in [0.05, 0.1) is 18.4 Å². The molecule has 2 aromatic carbocycles. The van der Waals surface area contributed by atoms with Crippen LogP contribution in [-0.4, -0.2) is 25.7 Å². The van der Waals surface area contributed by atoms with Crippen molar-refractivity contribution in [1.82, 2.24) is 25.1 Å². The molecule has 3 aromatic heterocycles. The Kier molecular flexibility index (Phi) is 5.57. The summed E-state index contributed by atoms with van der Waals surface area (Å²) in [4.78, 5) is 30.8. The molecule has 3 heterocycles. The number of hydrogen-bond acceptors (Lipinski definition) is 7. The van der Waals surface area contributed by atoms with Gasteiger partial charge in [0.25, 0.3) is 11.5 Å². The van der Waals surface area contributed by atoms with Crippen molar-refractivity contribution in [3.05, 3.63) is 99.0 Å². The molecule has 0 unspecified atom stereocenters. The second kappa shape index (κ2) is 8.81. The van der Waals surface area contributed by atoms with Crippen LogP contribution in [0.2, 0.25) is 0 Å². The van der Waals surface area contributed by atoms with Gasteiger partial charge in [-0.2, -0.15) is 0 Å². The van der Waals surface area contributed by atoms with Gasteiger partial charge >= 0.3 is 0 Å². The van der Waals surface area contributed by atoms with Gasteiger partial charge in [0.15, 0.2) is 0 Å². The van der Waals surface area contributed by atoms with Crippen LogP contribution in [0.15, 0.2) is 77.9 Å². The standard InChI is InChI=1S/C23H17N5O2S2/c29-21(24-12-15-7-3-1-4-8-15)22-27-26-19(32-22)13-28-14-25-17-11-18(31-20(17)23(28)30)16-9-5-2-6-10-16/h1-11,14H,12-13H2,(H,24,29). The van der Waals surface area contributed by atoms with Gasteiger partial charge in [-0.25, -0.2) is 4.98 Å². The Morgan fingerprint density at radius 2 is 1.72 bits per heavy atom. The smallest absolute Gasteiger partial charge is 0.282 e. The maximum Gasteiger partial charge on any atom is 0.282 e. The van der Waals surface area contributed by atoms with Gasteiger partial charge in [-0.1, -0.05) is 72.0 Å². The zero-order chi connectivity index (χ0) is 21.9. The molecule has 0 atom stereocenters. The summed E-state index contributed by atoms with van der Waals surface area (Å²) in [5.74, 6) is -0.288. The summed E-state index contributed by atoms with van der Waals surface area (Å²) in [6.07, 6.45) is 1.52. The first-order valence-corrected chi connectivity index (χ1v) is 11.5. The molecule has 0 spiro atoms. The Bertz CT molecular complexity index is 1440. The van der Waals surface area contributed by atoms with E-state index in [-0.39, 0.29) is 23.0 Å². The molecule has 9 heteroatoms. The first kappa shape index (κ1) is 20.2. The zero-order valence-electron chi connectivity index (χ0n) is 16.8.